The molecular weight excluding hydrogens is 316 g/mol. The van der Waals surface area contributed by atoms with E-state index in [-0.39, 0.29) is 11.6 Å². The molecule has 2 heterocycles. The Labute approximate surface area is 130 Å². The van der Waals surface area contributed by atoms with Crippen LogP contribution in [0.3, 0.4) is 0 Å². The molecule has 1 aliphatic heterocycles. The van der Waals surface area contributed by atoms with Crippen molar-refractivity contribution in [2.24, 2.45) is 5.84 Å². The topological polar surface area (TPSA) is 54.2 Å². The number of rotatable bonds is 6. The Morgan fingerprint density at radius 2 is 2.15 bits per heavy atom. The maximum Gasteiger partial charge on any atom is 0.0432 e. The molecule has 2 unspecified atom stereocenters. The lowest BCUT2D eigenvalue weighted by Crippen LogP contribution is -2.61. The van der Waals surface area contributed by atoms with Gasteiger partial charge < -0.3 is 0 Å². The van der Waals surface area contributed by atoms with E-state index in [4.69, 9.17) is 5.84 Å². The molecule has 1 aromatic heterocycles. The summed E-state index contributed by atoms with van der Waals surface area (Å²) in [6, 6.07) is 2.35. The summed E-state index contributed by atoms with van der Waals surface area (Å²) in [5.41, 5.74) is 4.35. The SMILES string of the molecule is CCC(C)(C(Cc1cncc(Br)c1)NN)N1CCCC1. The minimum absolute atomic E-state index is 0.0908. The van der Waals surface area contributed by atoms with Crippen molar-refractivity contribution in [2.75, 3.05) is 13.1 Å². The lowest BCUT2D eigenvalue weighted by Gasteiger charge is -2.44. The fraction of sp³-hybridized carbons (Fsp3) is 0.667. The first-order valence-corrected chi connectivity index (χ1v) is 8.20. The van der Waals surface area contributed by atoms with Crippen molar-refractivity contribution >= 4 is 15.9 Å². The molecule has 20 heavy (non-hydrogen) atoms. The molecule has 0 aliphatic carbocycles. The standard InChI is InChI=1S/C15H25BrN4/c1-3-15(2,20-6-4-5-7-20)14(19-17)9-12-8-13(16)11-18-10-12/h8,10-11,14,19H,3-7,9,17H2,1-2H3. The molecule has 4 nitrogen and oxygen atoms in total. The van der Waals surface area contributed by atoms with Crippen LogP contribution < -0.4 is 11.3 Å². The van der Waals surface area contributed by atoms with Crippen molar-refractivity contribution in [3.63, 3.8) is 0 Å². The molecule has 3 N–H and O–H groups in total. The third-order valence-corrected chi connectivity index (χ3v) is 5.13. The van der Waals surface area contributed by atoms with E-state index in [9.17, 15) is 0 Å². The molecule has 1 fully saturated rings. The molecular formula is C15H25BrN4. The number of hydrogen-bond donors (Lipinski definition) is 2. The van der Waals surface area contributed by atoms with Crippen molar-refractivity contribution in [3.8, 4) is 0 Å². The first-order valence-electron chi connectivity index (χ1n) is 7.40. The van der Waals surface area contributed by atoms with Crippen LogP contribution in [0.25, 0.3) is 0 Å². The number of aromatic nitrogens is 1. The first-order chi connectivity index (χ1) is 9.60. The van der Waals surface area contributed by atoms with Crippen LogP contribution in [0.15, 0.2) is 22.9 Å². The summed E-state index contributed by atoms with van der Waals surface area (Å²) in [4.78, 5) is 6.83. The van der Waals surface area contributed by atoms with E-state index >= 15 is 0 Å². The Hall–Kier alpha value is -0.490. The fourth-order valence-electron chi connectivity index (χ4n) is 3.18. The van der Waals surface area contributed by atoms with Crippen molar-refractivity contribution in [1.82, 2.24) is 15.3 Å². The van der Waals surface area contributed by atoms with Crippen LogP contribution >= 0.6 is 15.9 Å². The second kappa shape index (κ2) is 6.98. The van der Waals surface area contributed by atoms with E-state index in [0.29, 0.717) is 0 Å². The number of nitrogens with one attached hydrogen (secondary N) is 1. The van der Waals surface area contributed by atoms with Crippen LogP contribution in [0.4, 0.5) is 0 Å². The largest absolute Gasteiger partial charge is 0.296 e. The normalized spacial score (nSPS) is 20.8. The predicted molar refractivity (Wildman–Crippen MR) is 86.3 cm³/mol. The summed E-state index contributed by atoms with van der Waals surface area (Å²) in [6.45, 7) is 6.94. The molecule has 2 rings (SSSR count). The van der Waals surface area contributed by atoms with Gasteiger partial charge in [0.2, 0.25) is 0 Å². The lowest BCUT2D eigenvalue weighted by atomic mass is 9.84. The number of likely N-dealkylation sites (tertiary alicyclic amines) is 1. The number of nitrogens with two attached hydrogens (primary N) is 1. The Kier molecular flexibility index (Phi) is 5.55. The van der Waals surface area contributed by atoms with Gasteiger partial charge in [0.1, 0.15) is 0 Å². The molecule has 0 radical (unpaired) electrons. The maximum absolute atomic E-state index is 5.88. The van der Waals surface area contributed by atoms with Gasteiger partial charge in [-0.15, -0.1) is 0 Å². The highest BCUT2D eigenvalue weighted by molar-refractivity contribution is 9.10. The molecule has 0 saturated carbocycles. The van der Waals surface area contributed by atoms with E-state index in [1.807, 2.05) is 12.4 Å². The third-order valence-electron chi connectivity index (χ3n) is 4.70. The molecule has 0 bridgehead atoms. The average molecular weight is 341 g/mol. The van der Waals surface area contributed by atoms with Crippen molar-refractivity contribution in [3.05, 3.63) is 28.5 Å². The lowest BCUT2D eigenvalue weighted by molar-refractivity contribution is 0.0840. The highest BCUT2D eigenvalue weighted by atomic mass is 79.9. The van der Waals surface area contributed by atoms with Gasteiger partial charge in [-0.3, -0.25) is 21.2 Å². The van der Waals surface area contributed by atoms with Gasteiger partial charge in [-0.2, -0.15) is 0 Å². The third kappa shape index (κ3) is 3.39. The van der Waals surface area contributed by atoms with E-state index in [0.717, 1.165) is 17.3 Å². The molecule has 1 aromatic rings. The monoisotopic (exact) mass is 340 g/mol. The first kappa shape index (κ1) is 15.9. The second-order valence-electron chi connectivity index (χ2n) is 5.84. The van der Waals surface area contributed by atoms with E-state index < -0.39 is 0 Å². The Bertz CT molecular complexity index is 434. The van der Waals surface area contributed by atoms with Crippen LogP contribution in [0.5, 0.6) is 0 Å². The summed E-state index contributed by atoms with van der Waals surface area (Å²) >= 11 is 3.48. The van der Waals surface area contributed by atoms with Gasteiger partial charge in [0.25, 0.3) is 0 Å². The molecule has 5 heteroatoms. The van der Waals surface area contributed by atoms with Crippen LogP contribution in [0.2, 0.25) is 0 Å². The summed E-state index contributed by atoms with van der Waals surface area (Å²) < 4.78 is 1.02. The molecule has 1 aliphatic rings. The molecule has 2 atom stereocenters. The number of pyridine rings is 1. The Morgan fingerprint density at radius 3 is 2.70 bits per heavy atom. The van der Waals surface area contributed by atoms with Gasteiger partial charge in [0.05, 0.1) is 0 Å². The number of nitrogens with zero attached hydrogens (tertiary/aromatic N) is 2. The average Bonchev–Trinajstić information content (AvgIpc) is 2.98. The highest BCUT2D eigenvalue weighted by Crippen LogP contribution is 2.29. The minimum Gasteiger partial charge on any atom is -0.296 e. The van der Waals surface area contributed by atoms with Crippen LogP contribution in [0, 0.1) is 0 Å². The van der Waals surface area contributed by atoms with Crippen LogP contribution in [-0.4, -0.2) is 34.6 Å². The Morgan fingerprint density at radius 1 is 1.45 bits per heavy atom. The van der Waals surface area contributed by atoms with Gasteiger partial charge in [0, 0.05) is 28.4 Å². The van der Waals surface area contributed by atoms with Crippen molar-refractivity contribution < 1.29 is 0 Å². The molecule has 0 aromatic carbocycles. The molecule has 1 saturated heterocycles. The van der Waals surface area contributed by atoms with Gasteiger partial charge in [-0.05, 0) is 73.3 Å². The number of halogens is 1. The number of hydrogen-bond acceptors (Lipinski definition) is 4. The zero-order valence-corrected chi connectivity index (χ0v) is 14.0. The van der Waals surface area contributed by atoms with Crippen LogP contribution in [0.1, 0.15) is 38.7 Å². The van der Waals surface area contributed by atoms with E-state index in [1.54, 1.807) is 0 Å². The van der Waals surface area contributed by atoms with E-state index in [2.05, 4.69) is 51.2 Å². The molecule has 112 valence electrons. The second-order valence-corrected chi connectivity index (χ2v) is 6.76. The van der Waals surface area contributed by atoms with Crippen molar-refractivity contribution in [2.45, 2.75) is 51.1 Å². The summed E-state index contributed by atoms with van der Waals surface area (Å²) in [6.07, 6.45) is 8.31. The number of hydrazine groups is 1. The minimum atomic E-state index is 0.0908. The van der Waals surface area contributed by atoms with Crippen molar-refractivity contribution in [1.29, 1.82) is 0 Å². The summed E-state index contributed by atoms with van der Waals surface area (Å²) in [5, 5.41) is 0. The molecule has 0 spiro atoms. The van der Waals surface area contributed by atoms with Gasteiger partial charge in [0.15, 0.2) is 0 Å². The quantitative estimate of drug-likeness (QED) is 0.617. The van der Waals surface area contributed by atoms with E-state index in [1.165, 1.54) is 31.5 Å². The Balaban J connectivity index is 2.16. The van der Waals surface area contributed by atoms with Gasteiger partial charge in [-0.25, -0.2) is 0 Å². The van der Waals surface area contributed by atoms with Crippen LogP contribution in [-0.2, 0) is 6.42 Å². The zero-order chi connectivity index (χ0) is 14.6. The maximum atomic E-state index is 5.88. The van der Waals surface area contributed by atoms with Gasteiger partial charge >= 0.3 is 0 Å². The molecule has 0 amide bonds. The zero-order valence-electron chi connectivity index (χ0n) is 12.4. The summed E-state index contributed by atoms with van der Waals surface area (Å²) in [7, 11) is 0. The highest BCUT2D eigenvalue weighted by Gasteiger charge is 2.38. The summed E-state index contributed by atoms with van der Waals surface area (Å²) in [5.74, 6) is 5.88. The predicted octanol–water partition coefficient (Wildman–Crippen LogP) is 2.48. The smallest absolute Gasteiger partial charge is 0.0432 e. The van der Waals surface area contributed by atoms with Gasteiger partial charge in [-0.1, -0.05) is 6.92 Å². The fourth-order valence-corrected chi connectivity index (χ4v) is 3.59.